The van der Waals surface area contributed by atoms with Gasteiger partial charge in [-0.15, -0.1) is 0 Å². The number of rotatable bonds is 8. The number of amides is 1. The maximum Gasteiger partial charge on any atom is 0.268 e. The largest absolute Gasteiger partial charge is 0.490 e. The number of ether oxygens (including phenoxy) is 2. The van der Waals surface area contributed by atoms with E-state index in [1.54, 1.807) is 0 Å². The second-order valence-electron chi connectivity index (χ2n) is 6.69. The summed E-state index contributed by atoms with van der Waals surface area (Å²) in [6, 6.07) is 9.56. The summed E-state index contributed by atoms with van der Waals surface area (Å²) in [4.78, 5) is 12.8. The molecule has 0 aliphatic rings. The first-order valence-corrected chi connectivity index (χ1v) is 9.21. The van der Waals surface area contributed by atoms with E-state index < -0.39 is 0 Å². The average Bonchev–Trinajstić information content (AvgIpc) is 2.93. The summed E-state index contributed by atoms with van der Waals surface area (Å²) in [6.07, 6.45) is 0. The average molecular weight is 358 g/mol. The molecule has 1 unspecified atom stereocenters. The Balaban J connectivity index is 2.30. The SMILES string of the molecule is CCOc1ccc(C(NC(=O)c2ccc(C)n2C)C(C)C)cc1OCC. The Hall–Kier alpha value is -2.43. The van der Waals surface area contributed by atoms with Gasteiger partial charge in [0.15, 0.2) is 11.5 Å². The summed E-state index contributed by atoms with van der Waals surface area (Å²) in [6.45, 7) is 11.2. The lowest BCUT2D eigenvalue weighted by Gasteiger charge is -2.24. The van der Waals surface area contributed by atoms with Crippen molar-refractivity contribution in [2.75, 3.05) is 13.2 Å². The molecule has 5 heteroatoms. The van der Waals surface area contributed by atoms with Crippen LogP contribution in [0.25, 0.3) is 0 Å². The summed E-state index contributed by atoms with van der Waals surface area (Å²) in [5, 5.41) is 3.17. The molecule has 0 aliphatic heterocycles. The molecule has 1 N–H and O–H groups in total. The van der Waals surface area contributed by atoms with E-state index in [1.807, 2.05) is 62.7 Å². The Bertz CT molecular complexity index is 750. The molecule has 142 valence electrons. The van der Waals surface area contributed by atoms with Gasteiger partial charge in [0, 0.05) is 12.7 Å². The van der Waals surface area contributed by atoms with Crippen LogP contribution in [0.2, 0.25) is 0 Å². The molecule has 1 aromatic carbocycles. The fourth-order valence-corrected chi connectivity index (χ4v) is 2.95. The Morgan fingerprint density at radius 2 is 1.73 bits per heavy atom. The number of aromatic nitrogens is 1. The summed E-state index contributed by atoms with van der Waals surface area (Å²) < 4.78 is 13.3. The first-order valence-electron chi connectivity index (χ1n) is 9.21. The highest BCUT2D eigenvalue weighted by atomic mass is 16.5. The molecule has 0 saturated carbocycles. The Morgan fingerprint density at radius 3 is 2.27 bits per heavy atom. The minimum atomic E-state index is -0.118. The number of carbonyl (C=O) groups excluding carboxylic acids is 1. The van der Waals surface area contributed by atoms with E-state index in [4.69, 9.17) is 9.47 Å². The predicted molar refractivity (Wildman–Crippen MR) is 104 cm³/mol. The van der Waals surface area contributed by atoms with E-state index in [9.17, 15) is 4.79 Å². The molecule has 0 spiro atoms. The highest BCUT2D eigenvalue weighted by Gasteiger charge is 2.22. The van der Waals surface area contributed by atoms with Crippen molar-refractivity contribution in [3.63, 3.8) is 0 Å². The lowest BCUT2D eigenvalue weighted by molar-refractivity contribution is 0.0917. The maximum absolute atomic E-state index is 12.8. The van der Waals surface area contributed by atoms with E-state index in [0.29, 0.717) is 24.7 Å². The van der Waals surface area contributed by atoms with Gasteiger partial charge in [-0.3, -0.25) is 4.79 Å². The first kappa shape index (κ1) is 19.9. The number of nitrogens with zero attached hydrogens (tertiary/aromatic N) is 1. The quantitative estimate of drug-likeness (QED) is 0.767. The number of nitrogens with one attached hydrogen (secondary N) is 1. The minimum absolute atomic E-state index is 0.0776. The summed E-state index contributed by atoms with van der Waals surface area (Å²) in [5.41, 5.74) is 2.71. The van der Waals surface area contributed by atoms with Crippen molar-refractivity contribution in [2.45, 2.75) is 40.7 Å². The van der Waals surface area contributed by atoms with Crippen LogP contribution in [0.15, 0.2) is 30.3 Å². The zero-order valence-corrected chi connectivity index (χ0v) is 16.6. The Morgan fingerprint density at radius 1 is 1.08 bits per heavy atom. The molecule has 0 bridgehead atoms. The predicted octanol–water partition coefficient (Wildman–Crippen LogP) is 4.26. The van der Waals surface area contributed by atoms with E-state index in [1.165, 1.54) is 0 Å². The monoisotopic (exact) mass is 358 g/mol. The van der Waals surface area contributed by atoms with Crippen LogP contribution in [0.3, 0.4) is 0 Å². The molecule has 2 rings (SSSR count). The van der Waals surface area contributed by atoms with Crippen molar-refractivity contribution < 1.29 is 14.3 Å². The van der Waals surface area contributed by atoms with Gasteiger partial charge >= 0.3 is 0 Å². The van der Waals surface area contributed by atoms with Crippen LogP contribution in [-0.2, 0) is 7.05 Å². The molecular weight excluding hydrogens is 328 g/mol. The van der Waals surface area contributed by atoms with E-state index in [0.717, 1.165) is 17.0 Å². The number of aryl methyl sites for hydroxylation is 1. The summed E-state index contributed by atoms with van der Waals surface area (Å²) in [7, 11) is 1.90. The fraction of sp³-hybridized carbons (Fsp3) is 0.476. The molecule has 0 fully saturated rings. The lowest BCUT2D eigenvalue weighted by Crippen LogP contribution is -2.33. The summed E-state index contributed by atoms with van der Waals surface area (Å²) in [5.74, 6) is 1.59. The molecule has 0 radical (unpaired) electrons. The van der Waals surface area contributed by atoms with Crippen molar-refractivity contribution in [2.24, 2.45) is 13.0 Å². The minimum Gasteiger partial charge on any atom is -0.490 e. The van der Waals surface area contributed by atoms with Crippen molar-refractivity contribution in [1.29, 1.82) is 0 Å². The second-order valence-corrected chi connectivity index (χ2v) is 6.69. The molecular formula is C21H30N2O3. The topological polar surface area (TPSA) is 52.5 Å². The van der Waals surface area contributed by atoms with Crippen LogP contribution in [0.5, 0.6) is 11.5 Å². The van der Waals surface area contributed by atoms with Crippen LogP contribution in [-0.4, -0.2) is 23.7 Å². The van der Waals surface area contributed by atoms with Crippen molar-refractivity contribution in [3.8, 4) is 11.5 Å². The van der Waals surface area contributed by atoms with Crippen molar-refractivity contribution >= 4 is 5.91 Å². The van der Waals surface area contributed by atoms with Crippen LogP contribution < -0.4 is 14.8 Å². The normalized spacial score (nSPS) is 12.1. The number of hydrogen-bond donors (Lipinski definition) is 1. The van der Waals surface area contributed by atoms with Gasteiger partial charge in [0.1, 0.15) is 5.69 Å². The molecule has 5 nitrogen and oxygen atoms in total. The zero-order valence-electron chi connectivity index (χ0n) is 16.6. The zero-order chi connectivity index (χ0) is 19.3. The van der Waals surface area contributed by atoms with Gasteiger partial charge in [-0.25, -0.2) is 0 Å². The highest BCUT2D eigenvalue weighted by molar-refractivity contribution is 5.93. The van der Waals surface area contributed by atoms with Crippen LogP contribution >= 0.6 is 0 Å². The van der Waals surface area contributed by atoms with Gasteiger partial charge in [0.2, 0.25) is 0 Å². The number of benzene rings is 1. The van der Waals surface area contributed by atoms with Gasteiger partial charge in [-0.1, -0.05) is 19.9 Å². The molecule has 2 aromatic rings. The van der Waals surface area contributed by atoms with Gasteiger partial charge in [-0.2, -0.15) is 0 Å². The Kier molecular flexibility index (Phi) is 6.72. The van der Waals surface area contributed by atoms with Gasteiger partial charge in [0.05, 0.1) is 19.3 Å². The third-order valence-corrected chi connectivity index (χ3v) is 4.49. The van der Waals surface area contributed by atoms with Gasteiger partial charge < -0.3 is 19.4 Å². The molecule has 1 atom stereocenters. The van der Waals surface area contributed by atoms with E-state index >= 15 is 0 Å². The van der Waals surface area contributed by atoms with Crippen molar-refractivity contribution in [1.82, 2.24) is 9.88 Å². The number of hydrogen-bond acceptors (Lipinski definition) is 3. The smallest absolute Gasteiger partial charge is 0.268 e. The first-order chi connectivity index (χ1) is 12.4. The van der Waals surface area contributed by atoms with Crippen LogP contribution in [0, 0.1) is 12.8 Å². The van der Waals surface area contributed by atoms with Gasteiger partial charge in [0.25, 0.3) is 5.91 Å². The second kappa shape index (κ2) is 8.79. The van der Waals surface area contributed by atoms with Gasteiger partial charge in [-0.05, 0) is 56.5 Å². The van der Waals surface area contributed by atoms with Crippen molar-refractivity contribution in [3.05, 3.63) is 47.3 Å². The van der Waals surface area contributed by atoms with E-state index in [-0.39, 0.29) is 17.9 Å². The molecule has 0 saturated heterocycles. The molecule has 1 amide bonds. The summed E-state index contributed by atoms with van der Waals surface area (Å²) >= 11 is 0. The highest BCUT2D eigenvalue weighted by Crippen LogP contribution is 2.33. The lowest BCUT2D eigenvalue weighted by atomic mass is 9.95. The van der Waals surface area contributed by atoms with Crippen LogP contribution in [0.1, 0.15) is 55.5 Å². The van der Waals surface area contributed by atoms with Crippen LogP contribution in [0.4, 0.5) is 0 Å². The number of carbonyl (C=O) groups is 1. The third kappa shape index (κ3) is 4.40. The maximum atomic E-state index is 12.8. The molecule has 26 heavy (non-hydrogen) atoms. The fourth-order valence-electron chi connectivity index (χ4n) is 2.95. The molecule has 1 heterocycles. The Labute approximate surface area is 156 Å². The molecule has 0 aliphatic carbocycles. The standard InChI is InChI=1S/C21H30N2O3/c1-7-25-18-12-10-16(13-19(18)26-8-2)20(14(3)4)22-21(24)17-11-9-15(5)23(17)6/h9-14,20H,7-8H2,1-6H3,(H,22,24). The third-order valence-electron chi connectivity index (χ3n) is 4.49. The van der Waals surface area contributed by atoms with E-state index in [2.05, 4.69) is 19.2 Å². The molecule has 1 aromatic heterocycles.